The smallest absolute Gasteiger partial charge is 0.305 e. The fourth-order valence-electron chi connectivity index (χ4n) is 3.90. The fourth-order valence-corrected chi connectivity index (χ4v) is 5.57. The van der Waals surface area contributed by atoms with Gasteiger partial charge in [-0.3, -0.25) is 9.59 Å². The van der Waals surface area contributed by atoms with Crippen molar-refractivity contribution in [3.63, 3.8) is 0 Å². The number of likely N-dealkylation sites (tertiary alicyclic amines) is 1. The highest BCUT2D eigenvalue weighted by Gasteiger charge is 2.42. The minimum absolute atomic E-state index is 0.0934. The summed E-state index contributed by atoms with van der Waals surface area (Å²) in [7, 11) is -3.76. The molecule has 0 bridgehead atoms. The Labute approximate surface area is 153 Å². The fraction of sp³-hybridized carbons (Fsp3) is 0.556. The van der Waals surface area contributed by atoms with Crippen LogP contribution in [-0.2, 0) is 19.6 Å². The first-order valence-corrected chi connectivity index (χ1v) is 10.4. The van der Waals surface area contributed by atoms with Crippen molar-refractivity contribution in [1.82, 2.24) is 9.21 Å². The van der Waals surface area contributed by atoms with Crippen molar-refractivity contribution in [1.29, 1.82) is 0 Å². The first kappa shape index (κ1) is 18.8. The van der Waals surface area contributed by atoms with E-state index < -0.39 is 22.0 Å². The molecule has 1 amide bonds. The van der Waals surface area contributed by atoms with E-state index >= 15 is 0 Å². The number of piperidine rings is 1. The third-order valence-electron chi connectivity index (χ3n) is 5.16. The van der Waals surface area contributed by atoms with Gasteiger partial charge in [0.05, 0.1) is 11.3 Å². The van der Waals surface area contributed by atoms with Crippen molar-refractivity contribution in [2.45, 2.75) is 55.5 Å². The number of hydrogen-bond donors (Lipinski definition) is 1. The Bertz CT molecular complexity index is 765. The molecule has 2 heterocycles. The molecule has 2 aliphatic rings. The van der Waals surface area contributed by atoms with E-state index in [4.69, 9.17) is 5.11 Å². The number of carboxylic acids is 1. The molecule has 2 atom stereocenters. The molecule has 2 unspecified atom stereocenters. The van der Waals surface area contributed by atoms with E-state index in [9.17, 15) is 18.0 Å². The highest BCUT2D eigenvalue weighted by molar-refractivity contribution is 7.89. The number of amides is 1. The molecule has 0 aromatic heterocycles. The lowest BCUT2D eigenvalue weighted by atomic mass is 10.0. The van der Waals surface area contributed by atoms with Crippen LogP contribution in [0.2, 0.25) is 0 Å². The average molecular weight is 380 g/mol. The number of carbonyl (C=O) groups excluding carboxylic acids is 1. The Hall–Kier alpha value is -1.93. The summed E-state index contributed by atoms with van der Waals surface area (Å²) in [4.78, 5) is 25.9. The summed E-state index contributed by atoms with van der Waals surface area (Å²) in [5, 5.41) is 9.07. The molecule has 142 valence electrons. The predicted molar refractivity (Wildman–Crippen MR) is 95.0 cm³/mol. The van der Waals surface area contributed by atoms with E-state index in [0.29, 0.717) is 32.4 Å². The van der Waals surface area contributed by atoms with Gasteiger partial charge in [-0.1, -0.05) is 24.6 Å². The molecule has 0 aliphatic carbocycles. The summed E-state index contributed by atoms with van der Waals surface area (Å²) in [5.41, 5.74) is 0. The van der Waals surface area contributed by atoms with Crippen LogP contribution in [0.5, 0.6) is 0 Å². The van der Waals surface area contributed by atoms with Crippen molar-refractivity contribution < 1.29 is 23.1 Å². The van der Waals surface area contributed by atoms with Gasteiger partial charge in [0.25, 0.3) is 0 Å². The number of benzene rings is 1. The maximum atomic E-state index is 13.1. The minimum Gasteiger partial charge on any atom is -0.481 e. The van der Waals surface area contributed by atoms with Gasteiger partial charge in [0.15, 0.2) is 0 Å². The van der Waals surface area contributed by atoms with Crippen LogP contribution < -0.4 is 0 Å². The van der Waals surface area contributed by atoms with Crippen LogP contribution in [0.1, 0.15) is 38.5 Å². The number of aliphatic carboxylic acids is 1. The van der Waals surface area contributed by atoms with Gasteiger partial charge in [0.2, 0.25) is 15.9 Å². The summed E-state index contributed by atoms with van der Waals surface area (Å²) >= 11 is 0. The number of rotatable bonds is 5. The summed E-state index contributed by atoms with van der Waals surface area (Å²) in [5.74, 6) is -1.19. The molecule has 1 N–H and O–H groups in total. The molecular weight excluding hydrogens is 356 g/mol. The first-order valence-electron chi connectivity index (χ1n) is 9.00. The molecule has 1 aromatic rings. The molecule has 0 radical (unpaired) electrons. The topological polar surface area (TPSA) is 95.0 Å². The van der Waals surface area contributed by atoms with Crippen LogP contribution in [0, 0.1) is 0 Å². The second-order valence-electron chi connectivity index (χ2n) is 6.87. The Balaban J connectivity index is 1.85. The molecule has 2 saturated heterocycles. The zero-order valence-corrected chi connectivity index (χ0v) is 15.4. The van der Waals surface area contributed by atoms with Gasteiger partial charge in [-0.2, -0.15) is 4.31 Å². The SMILES string of the molecule is O=C(O)CC1CCCN1C(=O)C1CCCCN1S(=O)(=O)c1ccccc1. The van der Waals surface area contributed by atoms with E-state index in [-0.39, 0.29) is 23.3 Å². The van der Waals surface area contributed by atoms with Crippen LogP contribution >= 0.6 is 0 Å². The highest BCUT2D eigenvalue weighted by atomic mass is 32.2. The first-order chi connectivity index (χ1) is 12.4. The van der Waals surface area contributed by atoms with Gasteiger partial charge in [-0.05, 0) is 37.8 Å². The monoisotopic (exact) mass is 380 g/mol. The zero-order chi connectivity index (χ0) is 18.7. The van der Waals surface area contributed by atoms with Crippen LogP contribution in [-0.4, -0.2) is 59.8 Å². The molecular formula is C18H24N2O5S. The van der Waals surface area contributed by atoms with Crippen molar-refractivity contribution in [3.05, 3.63) is 30.3 Å². The van der Waals surface area contributed by atoms with Crippen LogP contribution in [0.4, 0.5) is 0 Å². The van der Waals surface area contributed by atoms with Crippen LogP contribution in [0.3, 0.4) is 0 Å². The van der Waals surface area contributed by atoms with Gasteiger partial charge >= 0.3 is 5.97 Å². The Morgan fingerprint density at radius 1 is 1.04 bits per heavy atom. The highest BCUT2D eigenvalue weighted by Crippen LogP contribution is 2.29. The molecule has 2 aliphatic heterocycles. The van der Waals surface area contributed by atoms with Gasteiger partial charge in [0.1, 0.15) is 6.04 Å². The predicted octanol–water partition coefficient (Wildman–Crippen LogP) is 1.70. The Morgan fingerprint density at radius 2 is 1.77 bits per heavy atom. The molecule has 26 heavy (non-hydrogen) atoms. The number of carbonyl (C=O) groups is 2. The normalized spacial score (nSPS) is 24.5. The number of nitrogens with zero attached hydrogens (tertiary/aromatic N) is 2. The Morgan fingerprint density at radius 3 is 2.46 bits per heavy atom. The number of sulfonamides is 1. The summed E-state index contributed by atoms with van der Waals surface area (Å²) < 4.78 is 27.4. The average Bonchev–Trinajstić information content (AvgIpc) is 3.09. The molecule has 7 nitrogen and oxygen atoms in total. The lowest BCUT2D eigenvalue weighted by molar-refractivity contribution is -0.141. The standard InChI is InChI=1S/C18H24N2O5S/c21-17(22)13-14-7-6-11-19(14)18(23)16-10-4-5-12-20(16)26(24,25)15-8-2-1-3-9-15/h1-3,8-9,14,16H,4-7,10-13H2,(H,21,22). The molecule has 0 spiro atoms. The van der Waals surface area contributed by atoms with Gasteiger partial charge in [-0.25, -0.2) is 8.42 Å². The van der Waals surface area contributed by atoms with Gasteiger partial charge < -0.3 is 10.0 Å². The number of hydrogen-bond acceptors (Lipinski definition) is 4. The van der Waals surface area contributed by atoms with E-state index in [1.807, 2.05) is 0 Å². The van der Waals surface area contributed by atoms with Crippen LogP contribution in [0.25, 0.3) is 0 Å². The largest absolute Gasteiger partial charge is 0.481 e. The third-order valence-corrected chi connectivity index (χ3v) is 7.08. The van der Waals surface area contributed by atoms with Crippen molar-refractivity contribution in [2.75, 3.05) is 13.1 Å². The summed E-state index contributed by atoms with van der Waals surface area (Å²) in [6.45, 7) is 0.803. The lowest BCUT2D eigenvalue weighted by Gasteiger charge is -2.37. The summed E-state index contributed by atoms with van der Waals surface area (Å²) in [6, 6.07) is 7.06. The van der Waals surface area contributed by atoms with E-state index in [1.165, 1.54) is 16.4 Å². The Kier molecular flexibility index (Phi) is 5.62. The minimum atomic E-state index is -3.76. The zero-order valence-electron chi connectivity index (χ0n) is 14.6. The molecule has 1 aromatic carbocycles. The van der Waals surface area contributed by atoms with E-state index in [2.05, 4.69) is 0 Å². The summed E-state index contributed by atoms with van der Waals surface area (Å²) in [6.07, 6.45) is 3.28. The van der Waals surface area contributed by atoms with E-state index in [0.717, 1.165) is 12.8 Å². The van der Waals surface area contributed by atoms with Crippen LogP contribution in [0.15, 0.2) is 35.2 Å². The van der Waals surface area contributed by atoms with Crippen molar-refractivity contribution >= 4 is 21.9 Å². The molecule has 2 fully saturated rings. The third kappa shape index (κ3) is 3.76. The number of carboxylic acid groups (broad SMARTS) is 1. The lowest BCUT2D eigenvalue weighted by Crippen LogP contribution is -2.54. The van der Waals surface area contributed by atoms with Gasteiger partial charge in [0, 0.05) is 19.1 Å². The molecule has 0 saturated carbocycles. The quantitative estimate of drug-likeness (QED) is 0.839. The second-order valence-corrected chi connectivity index (χ2v) is 8.76. The second kappa shape index (κ2) is 7.75. The maximum Gasteiger partial charge on any atom is 0.305 e. The van der Waals surface area contributed by atoms with Gasteiger partial charge in [-0.15, -0.1) is 0 Å². The maximum absolute atomic E-state index is 13.1. The van der Waals surface area contributed by atoms with E-state index in [1.54, 1.807) is 23.1 Å². The van der Waals surface area contributed by atoms with Crippen molar-refractivity contribution in [2.24, 2.45) is 0 Å². The molecule has 8 heteroatoms. The molecule has 3 rings (SSSR count). The van der Waals surface area contributed by atoms with Crippen molar-refractivity contribution in [3.8, 4) is 0 Å².